The standard InChI is InChI=1S/C20H19ClN4O/c1-13-10-16(21)8-9-17(13)24-19(26)18-11-14(2)23-20(25-18)22-12-15-6-4-3-5-7-15/h3-11H,12H2,1-2H3,(H,24,26)(H,22,23,25). The first-order valence-electron chi connectivity index (χ1n) is 8.22. The van der Waals surface area contributed by atoms with Gasteiger partial charge in [-0.05, 0) is 49.2 Å². The second-order valence-electron chi connectivity index (χ2n) is 5.97. The van der Waals surface area contributed by atoms with E-state index >= 15 is 0 Å². The minimum Gasteiger partial charge on any atom is -0.350 e. The normalized spacial score (nSPS) is 10.4. The van der Waals surface area contributed by atoms with E-state index in [0.717, 1.165) is 11.1 Å². The molecule has 0 aliphatic heterocycles. The fraction of sp³-hybridized carbons (Fsp3) is 0.150. The largest absolute Gasteiger partial charge is 0.350 e. The molecule has 0 saturated carbocycles. The molecule has 26 heavy (non-hydrogen) atoms. The van der Waals surface area contributed by atoms with Crippen LogP contribution >= 0.6 is 11.6 Å². The van der Waals surface area contributed by atoms with Crippen molar-refractivity contribution in [3.8, 4) is 0 Å². The maximum absolute atomic E-state index is 12.6. The van der Waals surface area contributed by atoms with Crippen LogP contribution in [0.4, 0.5) is 11.6 Å². The summed E-state index contributed by atoms with van der Waals surface area (Å²) in [4.78, 5) is 21.2. The van der Waals surface area contributed by atoms with Crippen LogP contribution in [0, 0.1) is 13.8 Å². The Kier molecular flexibility index (Phi) is 5.49. The van der Waals surface area contributed by atoms with Gasteiger partial charge in [0.2, 0.25) is 5.95 Å². The number of amides is 1. The van der Waals surface area contributed by atoms with E-state index in [1.54, 1.807) is 24.3 Å². The summed E-state index contributed by atoms with van der Waals surface area (Å²) in [5, 5.41) is 6.66. The van der Waals surface area contributed by atoms with Gasteiger partial charge >= 0.3 is 0 Å². The number of halogens is 1. The molecule has 1 amide bonds. The van der Waals surface area contributed by atoms with Crippen molar-refractivity contribution >= 4 is 29.1 Å². The van der Waals surface area contributed by atoms with Gasteiger partial charge in [0.05, 0.1) is 0 Å². The molecule has 0 spiro atoms. The van der Waals surface area contributed by atoms with Crippen molar-refractivity contribution < 1.29 is 4.79 Å². The van der Waals surface area contributed by atoms with Crippen LogP contribution in [-0.4, -0.2) is 15.9 Å². The Morgan fingerprint density at radius 3 is 2.54 bits per heavy atom. The summed E-state index contributed by atoms with van der Waals surface area (Å²) in [6, 6.07) is 16.9. The highest BCUT2D eigenvalue weighted by atomic mass is 35.5. The Bertz CT molecular complexity index is 928. The van der Waals surface area contributed by atoms with E-state index in [0.29, 0.717) is 34.6 Å². The quantitative estimate of drug-likeness (QED) is 0.691. The lowest BCUT2D eigenvalue weighted by molar-refractivity contribution is 0.102. The van der Waals surface area contributed by atoms with Gasteiger partial charge in [-0.1, -0.05) is 41.9 Å². The van der Waals surface area contributed by atoms with Gasteiger partial charge in [-0.2, -0.15) is 0 Å². The minimum absolute atomic E-state index is 0.288. The predicted octanol–water partition coefficient (Wildman–Crippen LogP) is 4.61. The Hall–Kier alpha value is -2.92. The lowest BCUT2D eigenvalue weighted by atomic mass is 10.2. The molecule has 3 rings (SSSR count). The Labute approximate surface area is 157 Å². The van der Waals surface area contributed by atoms with Crippen molar-refractivity contribution in [3.05, 3.63) is 82.1 Å². The van der Waals surface area contributed by atoms with Crippen molar-refractivity contribution in [3.63, 3.8) is 0 Å². The molecule has 0 aliphatic carbocycles. The van der Waals surface area contributed by atoms with Gasteiger partial charge in [-0.25, -0.2) is 9.97 Å². The van der Waals surface area contributed by atoms with Gasteiger partial charge in [0.15, 0.2) is 0 Å². The second kappa shape index (κ2) is 7.97. The van der Waals surface area contributed by atoms with Crippen LogP contribution in [0.1, 0.15) is 27.3 Å². The summed E-state index contributed by atoms with van der Waals surface area (Å²) in [7, 11) is 0. The van der Waals surface area contributed by atoms with Gasteiger partial charge in [-0.3, -0.25) is 4.79 Å². The molecular formula is C20H19ClN4O. The zero-order valence-electron chi connectivity index (χ0n) is 14.6. The van der Waals surface area contributed by atoms with Crippen LogP contribution in [0.3, 0.4) is 0 Å². The van der Waals surface area contributed by atoms with Crippen LogP contribution in [0.25, 0.3) is 0 Å². The molecule has 0 radical (unpaired) electrons. The van der Waals surface area contributed by atoms with Crippen molar-refractivity contribution in [2.24, 2.45) is 0 Å². The van der Waals surface area contributed by atoms with Gasteiger partial charge < -0.3 is 10.6 Å². The highest BCUT2D eigenvalue weighted by Gasteiger charge is 2.12. The van der Waals surface area contributed by atoms with Crippen LogP contribution in [0.5, 0.6) is 0 Å². The molecule has 6 heteroatoms. The third-order valence-electron chi connectivity index (χ3n) is 3.82. The fourth-order valence-electron chi connectivity index (χ4n) is 2.49. The maximum Gasteiger partial charge on any atom is 0.274 e. The number of nitrogens with zero attached hydrogens (tertiary/aromatic N) is 2. The fourth-order valence-corrected chi connectivity index (χ4v) is 2.72. The van der Waals surface area contributed by atoms with E-state index < -0.39 is 0 Å². The van der Waals surface area contributed by atoms with Gasteiger partial charge in [0.25, 0.3) is 5.91 Å². The summed E-state index contributed by atoms with van der Waals surface area (Å²) < 4.78 is 0. The topological polar surface area (TPSA) is 66.9 Å². The van der Waals surface area contributed by atoms with Crippen LogP contribution in [0.2, 0.25) is 5.02 Å². The Morgan fingerprint density at radius 2 is 1.81 bits per heavy atom. The van der Waals surface area contributed by atoms with Gasteiger partial charge in [-0.15, -0.1) is 0 Å². The first kappa shape index (κ1) is 17.9. The molecule has 1 heterocycles. The average molecular weight is 367 g/mol. The first-order chi connectivity index (χ1) is 12.5. The highest BCUT2D eigenvalue weighted by molar-refractivity contribution is 6.30. The zero-order chi connectivity index (χ0) is 18.5. The number of benzene rings is 2. The third-order valence-corrected chi connectivity index (χ3v) is 4.05. The monoisotopic (exact) mass is 366 g/mol. The predicted molar refractivity (Wildman–Crippen MR) is 105 cm³/mol. The van der Waals surface area contributed by atoms with E-state index in [1.165, 1.54) is 0 Å². The Morgan fingerprint density at radius 1 is 1.04 bits per heavy atom. The zero-order valence-corrected chi connectivity index (χ0v) is 15.3. The number of aryl methyl sites for hydroxylation is 2. The molecule has 0 saturated heterocycles. The minimum atomic E-state index is -0.288. The molecule has 3 aromatic rings. The lowest BCUT2D eigenvalue weighted by Crippen LogP contribution is -2.16. The molecule has 132 valence electrons. The molecular weight excluding hydrogens is 348 g/mol. The van der Waals surface area contributed by atoms with Crippen molar-refractivity contribution in [1.82, 2.24) is 9.97 Å². The van der Waals surface area contributed by atoms with Crippen molar-refractivity contribution in [1.29, 1.82) is 0 Å². The number of hydrogen-bond acceptors (Lipinski definition) is 4. The molecule has 0 fully saturated rings. The molecule has 1 aromatic heterocycles. The molecule has 0 unspecified atom stereocenters. The van der Waals surface area contributed by atoms with Crippen molar-refractivity contribution in [2.75, 3.05) is 10.6 Å². The molecule has 2 N–H and O–H groups in total. The molecule has 2 aromatic carbocycles. The number of aromatic nitrogens is 2. The number of carbonyl (C=O) groups excluding carboxylic acids is 1. The highest BCUT2D eigenvalue weighted by Crippen LogP contribution is 2.20. The van der Waals surface area contributed by atoms with E-state index in [-0.39, 0.29) is 5.91 Å². The van der Waals surface area contributed by atoms with Crippen molar-refractivity contribution in [2.45, 2.75) is 20.4 Å². The van der Waals surface area contributed by atoms with E-state index in [4.69, 9.17) is 11.6 Å². The average Bonchev–Trinajstić information content (AvgIpc) is 2.63. The molecule has 0 atom stereocenters. The van der Waals surface area contributed by atoms with Gasteiger partial charge in [0.1, 0.15) is 5.69 Å². The number of anilines is 2. The number of carbonyl (C=O) groups is 1. The summed E-state index contributed by atoms with van der Waals surface area (Å²) in [5.41, 5.74) is 3.73. The van der Waals surface area contributed by atoms with Crippen LogP contribution in [0.15, 0.2) is 54.6 Å². The molecule has 0 aliphatic rings. The number of hydrogen-bond donors (Lipinski definition) is 2. The smallest absolute Gasteiger partial charge is 0.274 e. The third kappa shape index (κ3) is 4.58. The summed E-state index contributed by atoms with van der Waals surface area (Å²) in [6.45, 7) is 4.31. The van der Waals surface area contributed by atoms with E-state index in [9.17, 15) is 4.79 Å². The molecule has 0 bridgehead atoms. The van der Waals surface area contributed by atoms with Crippen LogP contribution < -0.4 is 10.6 Å². The summed E-state index contributed by atoms with van der Waals surface area (Å²) in [5.74, 6) is 0.135. The van der Waals surface area contributed by atoms with Gasteiger partial charge in [0, 0.05) is 22.9 Å². The van der Waals surface area contributed by atoms with E-state index in [2.05, 4.69) is 20.6 Å². The Balaban J connectivity index is 1.75. The van der Waals surface area contributed by atoms with Crippen LogP contribution in [-0.2, 0) is 6.54 Å². The van der Waals surface area contributed by atoms with E-state index in [1.807, 2.05) is 44.2 Å². The first-order valence-corrected chi connectivity index (χ1v) is 8.60. The summed E-state index contributed by atoms with van der Waals surface area (Å²) in [6.07, 6.45) is 0. The maximum atomic E-state index is 12.6. The number of rotatable bonds is 5. The molecule has 5 nitrogen and oxygen atoms in total. The lowest BCUT2D eigenvalue weighted by Gasteiger charge is -2.10. The second-order valence-corrected chi connectivity index (χ2v) is 6.41. The summed E-state index contributed by atoms with van der Waals surface area (Å²) >= 11 is 5.96. The SMILES string of the molecule is Cc1cc(C(=O)Nc2ccc(Cl)cc2C)nc(NCc2ccccc2)n1. The number of nitrogens with one attached hydrogen (secondary N) is 2.